The largest absolute Gasteiger partial charge is 0.495 e. The van der Waals surface area contributed by atoms with Gasteiger partial charge in [-0.3, -0.25) is 0 Å². The molecule has 0 radical (unpaired) electrons. The topological polar surface area (TPSA) is 40.2 Å². The highest BCUT2D eigenvalue weighted by molar-refractivity contribution is 9.10. The Morgan fingerprint density at radius 2 is 2.05 bits per heavy atom. The average molecular weight is 346 g/mol. The molecule has 5 heteroatoms. The Balaban J connectivity index is 2.65. The summed E-state index contributed by atoms with van der Waals surface area (Å²) in [5.74, 6) is 1.45. The van der Waals surface area contributed by atoms with Crippen molar-refractivity contribution in [1.82, 2.24) is 4.57 Å². The number of anilines is 1. The van der Waals surface area contributed by atoms with Crippen molar-refractivity contribution in [3.8, 4) is 0 Å². The molecule has 104 valence electrons. The van der Waals surface area contributed by atoms with E-state index in [4.69, 9.17) is 22.1 Å². The third-order valence-corrected chi connectivity index (χ3v) is 4.49. The van der Waals surface area contributed by atoms with E-state index in [0.717, 1.165) is 22.8 Å². The molecular formula is C14H18BrClN2O. The summed E-state index contributed by atoms with van der Waals surface area (Å²) in [5, 5.41) is 0.624. The number of hydrogen-bond donors (Lipinski definition) is 1. The third kappa shape index (κ3) is 2.32. The van der Waals surface area contributed by atoms with Crippen molar-refractivity contribution < 1.29 is 4.74 Å². The van der Waals surface area contributed by atoms with E-state index in [2.05, 4.69) is 27.4 Å². The minimum atomic E-state index is -0.311. The molecule has 19 heavy (non-hydrogen) atoms. The Labute approximate surface area is 127 Å². The van der Waals surface area contributed by atoms with Gasteiger partial charge in [-0.2, -0.15) is 0 Å². The van der Waals surface area contributed by atoms with Crippen LogP contribution < -0.4 is 5.73 Å². The normalized spacial score (nSPS) is 27.5. The number of methoxy groups -OCH3 is 1. The Morgan fingerprint density at radius 3 is 2.53 bits per heavy atom. The molecule has 0 amide bonds. The van der Waals surface area contributed by atoms with E-state index >= 15 is 0 Å². The molecule has 1 aliphatic rings. The van der Waals surface area contributed by atoms with Gasteiger partial charge in [0.25, 0.3) is 0 Å². The van der Waals surface area contributed by atoms with E-state index in [0.29, 0.717) is 5.03 Å². The number of nitrogens with zero attached hydrogens (tertiary/aromatic N) is 1. The number of allylic oxidation sites excluding steroid dienone is 3. The molecule has 0 spiro atoms. The molecule has 1 aromatic rings. The van der Waals surface area contributed by atoms with Gasteiger partial charge < -0.3 is 15.0 Å². The maximum Gasteiger partial charge on any atom is 0.138 e. The highest BCUT2D eigenvalue weighted by Gasteiger charge is 2.39. The summed E-state index contributed by atoms with van der Waals surface area (Å²) in [6, 6.07) is 3.95. The summed E-state index contributed by atoms with van der Waals surface area (Å²) < 4.78 is 7.21. The SMILES string of the molecule is COC1=C(C)C(n2c(C)ccc2N)C(C)(Br)C=C1Cl. The van der Waals surface area contributed by atoms with Crippen LogP contribution in [0.25, 0.3) is 0 Å². The van der Waals surface area contributed by atoms with Crippen LogP contribution in [0.1, 0.15) is 25.6 Å². The summed E-state index contributed by atoms with van der Waals surface area (Å²) in [6.45, 7) is 6.14. The second-order valence-corrected chi connectivity index (χ2v) is 7.15. The average Bonchev–Trinajstić information content (AvgIpc) is 2.59. The number of alkyl halides is 1. The van der Waals surface area contributed by atoms with Gasteiger partial charge in [-0.05, 0) is 44.6 Å². The van der Waals surface area contributed by atoms with Crippen LogP contribution in [-0.2, 0) is 4.74 Å². The first kappa shape index (κ1) is 14.5. The first-order valence-corrected chi connectivity index (χ1v) is 7.22. The first-order valence-electron chi connectivity index (χ1n) is 6.05. The number of nitrogen functional groups attached to an aromatic ring is 1. The molecule has 0 bridgehead atoms. The molecule has 0 saturated carbocycles. The molecule has 0 aliphatic heterocycles. The van der Waals surface area contributed by atoms with Crippen LogP contribution >= 0.6 is 27.5 Å². The third-order valence-electron chi connectivity index (χ3n) is 3.54. The summed E-state index contributed by atoms with van der Waals surface area (Å²) in [6.07, 6.45) is 1.96. The zero-order valence-electron chi connectivity index (χ0n) is 11.5. The maximum atomic E-state index is 6.28. The number of rotatable bonds is 2. The number of hydrogen-bond acceptors (Lipinski definition) is 2. The number of aryl methyl sites for hydroxylation is 1. The molecule has 0 saturated heterocycles. The minimum Gasteiger partial charge on any atom is -0.495 e. The summed E-state index contributed by atoms with van der Waals surface area (Å²) in [7, 11) is 1.63. The van der Waals surface area contributed by atoms with Gasteiger partial charge in [0, 0.05) is 5.69 Å². The van der Waals surface area contributed by atoms with Crippen LogP contribution in [0.15, 0.2) is 34.6 Å². The van der Waals surface area contributed by atoms with E-state index in [1.165, 1.54) is 0 Å². The number of nitrogens with two attached hydrogens (primary N) is 1. The molecule has 1 aromatic heterocycles. The molecule has 2 unspecified atom stereocenters. The van der Waals surface area contributed by atoms with E-state index in [1.807, 2.05) is 32.1 Å². The Morgan fingerprint density at radius 1 is 1.42 bits per heavy atom. The van der Waals surface area contributed by atoms with Crippen molar-refractivity contribution in [2.24, 2.45) is 0 Å². The zero-order chi connectivity index (χ0) is 14.4. The summed E-state index contributed by atoms with van der Waals surface area (Å²) >= 11 is 10.0. The number of halogens is 2. The standard InChI is InChI=1S/C14H18BrClN2O/c1-8-5-6-11(17)18(8)13-9(2)12(19-4)10(16)7-14(13,3)15/h5-7,13H,17H2,1-4H3. The fourth-order valence-electron chi connectivity index (χ4n) is 2.76. The highest BCUT2D eigenvalue weighted by atomic mass is 79.9. The van der Waals surface area contributed by atoms with Crippen molar-refractivity contribution in [3.05, 3.63) is 40.3 Å². The van der Waals surface area contributed by atoms with E-state index in [9.17, 15) is 0 Å². The lowest BCUT2D eigenvalue weighted by Crippen LogP contribution is -2.34. The number of ether oxygens (including phenoxy) is 1. The van der Waals surface area contributed by atoms with Gasteiger partial charge in [-0.25, -0.2) is 0 Å². The molecule has 1 aliphatic carbocycles. The molecule has 2 N–H and O–H groups in total. The first-order chi connectivity index (χ1) is 8.79. The van der Waals surface area contributed by atoms with Gasteiger partial charge in [-0.1, -0.05) is 27.5 Å². The predicted molar refractivity (Wildman–Crippen MR) is 83.6 cm³/mol. The van der Waals surface area contributed by atoms with Crippen molar-refractivity contribution in [2.45, 2.75) is 31.1 Å². The predicted octanol–water partition coefficient (Wildman–Crippen LogP) is 4.13. The van der Waals surface area contributed by atoms with Crippen molar-refractivity contribution in [2.75, 3.05) is 12.8 Å². The monoisotopic (exact) mass is 344 g/mol. The van der Waals surface area contributed by atoms with Crippen LogP contribution in [0.4, 0.5) is 5.82 Å². The summed E-state index contributed by atoms with van der Waals surface area (Å²) in [5.41, 5.74) is 8.26. The second-order valence-electron chi connectivity index (χ2n) is 5.03. The summed E-state index contributed by atoms with van der Waals surface area (Å²) in [4.78, 5) is 0. The quantitative estimate of drug-likeness (QED) is 0.819. The van der Waals surface area contributed by atoms with Gasteiger partial charge >= 0.3 is 0 Å². The lowest BCUT2D eigenvalue weighted by molar-refractivity contribution is 0.287. The van der Waals surface area contributed by atoms with E-state index in [-0.39, 0.29) is 10.4 Å². The second kappa shape index (κ2) is 4.91. The molecule has 2 atom stereocenters. The molecule has 2 rings (SSSR count). The van der Waals surface area contributed by atoms with Crippen LogP contribution in [0, 0.1) is 6.92 Å². The highest BCUT2D eigenvalue weighted by Crippen LogP contribution is 2.47. The lowest BCUT2D eigenvalue weighted by Gasteiger charge is -2.38. The van der Waals surface area contributed by atoms with Crippen LogP contribution in [-0.4, -0.2) is 16.0 Å². The molecule has 0 fully saturated rings. The van der Waals surface area contributed by atoms with Gasteiger partial charge in [0.05, 0.1) is 22.5 Å². The van der Waals surface area contributed by atoms with Gasteiger partial charge in [0.1, 0.15) is 11.6 Å². The fraction of sp³-hybridized carbons (Fsp3) is 0.429. The Hall–Kier alpha value is -0.870. The van der Waals surface area contributed by atoms with Crippen molar-refractivity contribution in [1.29, 1.82) is 0 Å². The Kier molecular flexibility index (Phi) is 3.76. The van der Waals surface area contributed by atoms with E-state index < -0.39 is 0 Å². The molecule has 0 aromatic carbocycles. The van der Waals surface area contributed by atoms with Crippen LogP contribution in [0.2, 0.25) is 0 Å². The Bertz CT molecular complexity index is 553. The molecule has 3 nitrogen and oxygen atoms in total. The lowest BCUT2D eigenvalue weighted by atomic mass is 9.88. The molecular weight excluding hydrogens is 328 g/mol. The van der Waals surface area contributed by atoms with Crippen molar-refractivity contribution >= 4 is 33.3 Å². The van der Waals surface area contributed by atoms with Crippen LogP contribution in [0.3, 0.4) is 0 Å². The smallest absolute Gasteiger partial charge is 0.138 e. The van der Waals surface area contributed by atoms with Crippen molar-refractivity contribution in [3.63, 3.8) is 0 Å². The number of aromatic nitrogens is 1. The van der Waals surface area contributed by atoms with Crippen LogP contribution in [0.5, 0.6) is 0 Å². The maximum absolute atomic E-state index is 6.28. The zero-order valence-corrected chi connectivity index (χ0v) is 13.8. The molecule has 1 heterocycles. The fourth-order valence-corrected chi connectivity index (χ4v) is 4.12. The minimum absolute atomic E-state index is 0.0277. The van der Waals surface area contributed by atoms with Gasteiger partial charge in [-0.15, -0.1) is 0 Å². The van der Waals surface area contributed by atoms with E-state index in [1.54, 1.807) is 7.11 Å². The van der Waals surface area contributed by atoms with Gasteiger partial charge in [0.15, 0.2) is 0 Å². The van der Waals surface area contributed by atoms with Gasteiger partial charge in [0.2, 0.25) is 0 Å².